The highest BCUT2D eigenvalue weighted by molar-refractivity contribution is 6.17. The van der Waals surface area contributed by atoms with Crippen LogP contribution in [0.1, 0.15) is 22.3 Å². The van der Waals surface area contributed by atoms with E-state index in [0.29, 0.717) is 0 Å². The first-order chi connectivity index (χ1) is 28.8. The fourth-order valence-corrected chi connectivity index (χ4v) is 10.4. The van der Waals surface area contributed by atoms with Crippen LogP contribution in [0, 0.1) is 0 Å². The van der Waals surface area contributed by atoms with E-state index in [0.717, 1.165) is 38.8 Å². The molecule has 0 amide bonds. The van der Waals surface area contributed by atoms with E-state index in [9.17, 15) is 0 Å². The van der Waals surface area contributed by atoms with E-state index >= 15 is 0 Å². The van der Waals surface area contributed by atoms with E-state index in [1.54, 1.807) is 0 Å². The number of aromatic nitrogens is 2. The standard InChI is InChI=1S/C55H34N2O/c1-3-15-35(16-4-1)55(36-17-5-2-6-18-36)47-31-37(56-49-23-11-7-19-41(49)42-20-8-12-24-50(42)56)27-29-39(47)40-30-28-38(32-48(40)55)57-51-25-13-9-21-43(51)45-33-46-44-22-10-14-26-53(44)58-54(46)34-52(45)57/h1-34H. The summed E-state index contributed by atoms with van der Waals surface area (Å²) in [5.41, 5.74) is 15.7. The van der Waals surface area contributed by atoms with Gasteiger partial charge in [0.05, 0.1) is 27.5 Å². The number of para-hydroxylation sites is 4. The van der Waals surface area contributed by atoms with Gasteiger partial charge in [0.2, 0.25) is 0 Å². The molecule has 0 spiro atoms. The van der Waals surface area contributed by atoms with Gasteiger partial charge in [-0.15, -0.1) is 0 Å². The first kappa shape index (κ1) is 31.6. The van der Waals surface area contributed by atoms with Gasteiger partial charge in [-0.1, -0.05) is 146 Å². The van der Waals surface area contributed by atoms with E-state index in [1.165, 1.54) is 71.5 Å². The topological polar surface area (TPSA) is 23.0 Å². The average Bonchev–Trinajstić information content (AvgIpc) is 4.01. The number of hydrogen-bond donors (Lipinski definition) is 0. The number of fused-ring (bicyclic) bond motifs is 12. The highest BCUT2D eigenvalue weighted by atomic mass is 16.3. The highest BCUT2D eigenvalue weighted by Gasteiger charge is 2.46. The molecule has 1 aliphatic rings. The minimum Gasteiger partial charge on any atom is -0.456 e. The van der Waals surface area contributed by atoms with Gasteiger partial charge in [0, 0.05) is 49.8 Å². The van der Waals surface area contributed by atoms with Crippen molar-refractivity contribution < 1.29 is 4.42 Å². The smallest absolute Gasteiger partial charge is 0.137 e. The molecule has 1 aliphatic carbocycles. The Morgan fingerprint density at radius 2 is 0.759 bits per heavy atom. The lowest BCUT2D eigenvalue weighted by molar-refractivity contribution is 0.669. The summed E-state index contributed by atoms with van der Waals surface area (Å²) in [5, 5.41) is 7.24. The van der Waals surface area contributed by atoms with E-state index in [1.807, 2.05) is 6.07 Å². The molecule has 3 heteroatoms. The average molecular weight is 739 g/mol. The third kappa shape index (κ3) is 4.12. The Morgan fingerprint density at radius 1 is 0.310 bits per heavy atom. The molecule has 0 atom stereocenters. The second-order valence-electron chi connectivity index (χ2n) is 15.6. The summed E-state index contributed by atoms with van der Waals surface area (Å²) in [5.74, 6) is 0. The van der Waals surface area contributed by atoms with Crippen molar-refractivity contribution in [3.63, 3.8) is 0 Å². The molecule has 0 bridgehead atoms. The normalized spacial score (nSPS) is 13.3. The van der Waals surface area contributed by atoms with Crippen molar-refractivity contribution in [2.45, 2.75) is 5.41 Å². The van der Waals surface area contributed by atoms with Crippen molar-refractivity contribution in [3.8, 4) is 22.5 Å². The Labute approximate surface area is 334 Å². The lowest BCUT2D eigenvalue weighted by atomic mass is 9.67. The SMILES string of the molecule is c1ccc(C2(c3ccccc3)c3cc(-n4c5ccccc5c5ccccc54)ccc3-c3ccc(-n4c5ccccc5c5cc6c(cc54)oc4ccccc46)cc32)cc1. The monoisotopic (exact) mass is 738 g/mol. The minimum absolute atomic E-state index is 0.595. The van der Waals surface area contributed by atoms with E-state index in [2.05, 4.69) is 209 Å². The first-order valence-electron chi connectivity index (χ1n) is 20.0. The van der Waals surface area contributed by atoms with Crippen LogP contribution in [0.25, 0.3) is 88.1 Å². The van der Waals surface area contributed by atoms with Gasteiger partial charge in [0.15, 0.2) is 0 Å². The van der Waals surface area contributed by atoms with Crippen LogP contribution in [0.15, 0.2) is 211 Å². The number of furan rings is 1. The van der Waals surface area contributed by atoms with Crippen LogP contribution < -0.4 is 0 Å². The van der Waals surface area contributed by atoms with Crippen molar-refractivity contribution in [3.05, 3.63) is 229 Å². The summed E-state index contributed by atoms with van der Waals surface area (Å²) in [6, 6.07) is 75.8. The van der Waals surface area contributed by atoms with Crippen LogP contribution in [0.3, 0.4) is 0 Å². The maximum Gasteiger partial charge on any atom is 0.137 e. The Morgan fingerprint density at radius 3 is 1.31 bits per heavy atom. The number of rotatable bonds is 4. The predicted molar refractivity (Wildman–Crippen MR) is 240 cm³/mol. The molecule has 12 aromatic rings. The van der Waals surface area contributed by atoms with Crippen LogP contribution in [-0.2, 0) is 5.41 Å². The summed E-state index contributed by atoms with van der Waals surface area (Å²) in [4.78, 5) is 0. The highest BCUT2D eigenvalue weighted by Crippen LogP contribution is 2.57. The summed E-state index contributed by atoms with van der Waals surface area (Å²) < 4.78 is 11.4. The maximum atomic E-state index is 6.49. The fraction of sp³-hybridized carbons (Fsp3) is 0.0182. The fourth-order valence-electron chi connectivity index (χ4n) is 10.4. The van der Waals surface area contributed by atoms with Crippen molar-refractivity contribution in [2.75, 3.05) is 0 Å². The van der Waals surface area contributed by atoms with Gasteiger partial charge in [-0.05, 0) is 88.0 Å². The molecule has 3 aromatic heterocycles. The Bertz CT molecular complexity index is 3530. The number of nitrogens with zero attached hydrogens (tertiary/aromatic N) is 2. The molecular weight excluding hydrogens is 705 g/mol. The summed E-state index contributed by atoms with van der Waals surface area (Å²) in [6.07, 6.45) is 0. The second kappa shape index (κ2) is 11.7. The van der Waals surface area contributed by atoms with Crippen LogP contribution >= 0.6 is 0 Å². The Balaban J connectivity index is 1.12. The molecule has 0 fully saturated rings. The largest absolute Gasteiger partial charge is 0.456 e. The van der Waals surface area contributed by atoms with E-state index in [4.69, 9.17) is 4.42 Å². The van der Waals surface area contributed by atoms with Gasteiger partial charge in [-0.25, -0.2) is 0 Å². The van der Waals surface area contributed by atoms with Crippen LogP contribution in [0.2, 0.25) is 0 Å². The molecule has 58 heavy (non-hydrogen) atoms. The zero-order valence-electron chi connectivity index (χ0n) is 31.4. The molecule has 0 aliphatic heterocycles. The molecular formula is C55H34N2O. The summed E-state index contributed by atoms with van der Waals surface area (Å²) in [6.45, 7) is 0. The zero-order chi connectivity index (χ0) is 38.0. The zero-order valence-corrected chi connectivity index (χ0v) is 31.4. The van der Waals surface area contributed by atoms with Crippen molar-refractivity contribution >= 4 is 65.6 Å². The maximum absolute atomic E-state index is 6.49. The van der Waals surface area contributed by atoms with Gasteiger partial charge in [0.25, 0.3) is 0 Å². The molecule has 3 nitrogen and oxygen atoms in total. The van der Waals surface area contributed by atoms with Crippen LogP contribution in [-0.4, -0.2) is 9.13 Å². The molecule has 0 N–H and O–H groups in total. The Hall–Kier alpha value is -7.62. The third-order valence-corrected chi connectivity index (χ3v) is 12.8. The molecule has 0 radical (unpaired) electrons. The van der Waals surface area contributed by atoms with Crippen molar-refractivity contribution in [1.82, 2.24) is 9.13 Å². The third-order valence-electron chi connectivity index (χ3n) is 12.8. The second-order valence-corrected chi connectivity index (χ2v) is 15.6. The van der Waals surface area contributed by atoms with E-state index < -0.39 is 5.41 Å². The van der Waals surface area contributed by atoms with Gasteiger partial charge in [0.1, 0.15) is 11.2 Å². The minimum atomic E-state index is -0.595. The molecule has 3 heterocycles. The molecule has 13 rings (SSSR count). The molecule has 9 aromatic carbocycles. The van der Waals surface area contributed by atoms with Gasteiger partial charge >= 0.3 is 0 Å². The van der Waals surface area contributed by atoms with Gasteiger partial charge in [-0.2, -0.15) is 0 Å². The lowest BCUT2D eigenvalue weighted by Crippen LogP contribution is -2.28. The van der Waals surface area contributed by atoms with Gasteiger partial charge < -0.3 is 13.6 Å². The number of benzene rings is 9. The van der Waals surface area contributed by atoms with Gasteiger partial charge in [-0.3, -0.25) is 0 Å². The molecule has 0 saturated heterocycles. The molecule has 270 valence electrons. The van der Waals surface area contributed by atoms with Crippen LogP contribution in [0.5, 0.6) is 0 Å². The lowest BCUT2D eigenvalue weighted by Gasteiger charge is -2.34. The molecule has 0 unspecified atom stereocenters. The quantitative estimate of drug-likeness (QED) is 0.176. The first-order valence-corrected chi connectivity index (χ1v) is 20.0. The van der Waals surface area contributed by atoms with E-state index in [-0.39, 0.29) is 0 Å². The van der Waals surface area contributed by atoms with Crippen LogP contribution in [0.4, 0.5) is 0 Å². The Kier molecular flexibility index (Phi) is 6.37. The summed E-state index contributed by atoms with van der Waals surface area (Å²) in [7, 11) is 0. The van der Waals surface area contributed by atoms with Crippen molar-refractivity contribution in [2.24, 2.45) is 0 Å². The van der Waals surface area contributed by atoms with Crippen molar-refractivity contribution in [1.29, 1.82) is 0 Å². The summed E-state index contributed by atoms with van der Waals surface area (Å²) >= 11 is 0. The number of hydrogen-bond acceptors (Lipinski definition) is 1. The predicted octanol–water partition coefficient (Wildman–Crippen LogP) is 14.1. The molecule has 0 saturated carbocycles.